The molecule has 0 saturated carbocycles. The second-order valence-corrected chi connectivity index (χ2v) is 13.2. The molecule has 0 aromatic heterocycles. The van der Waals surface area contributed by atoms with Gasteiger partial charge in [-0.1, -0.05) is 55.8 Å². The summed E-state index contributed by atoms with van der Waals surface area (Å²) in [6.45, 7) is 7.41. The second-order valence-electron chi connectivity index (χ2n) is 13.2. The number of hydrogen-bond acceptors (Lipinski definition) is 9. The first-order chi connectivity index (χ1) is 24.3. The molecule has 272 valence electrons. The van der Waals surface area contributed by atoms with Gasteiger partial charge >= 0.3 is 11.9 Å². The Kier molecular flexibility index (Phi) is 13.1. The van der Waals surface area contributed by atoms with Crippen LogP contribution in [0.25, 0.3) is 0 Å². The molecular formula is C37H46N6O8. The SMILES string of the molecule is CCOC(=O)CCC[C@H](NC(=O)C1Cc2ccccc2N1)C(=O)N[C@H](C(=O)N1CCc2cc(C)ccc2[C@H]1C(=O)N[C@H](C#N)CC(=O)O)C(C)C. The van der Waals surface area contributed by atoms with Crippen LogP contribution in [0.3, 0.4) is 0 Å². The third-order valence-corrected chi connectivity index (χ3v) is 9.04. The summed E-state index contributed by atoms with van der Waals surface area (Å²) >= 11 is 0. The van der Waals surface area contributed by atoms with Gasteiger partial charge < -0.3 is 36.0 Å². The van der Waals surface area contributed by atoms with Gasteiger partial charge in [-0.05, 0) is 61.8 Å². The number of nitriles is 1. The van der Waals surface area contributed by atoms with E-state index in [0.29, 0.717) is 18.4 Å². The summed E-state index contributed by atoms with van der Waals surface area (Å²) in [7, 11) is 0. The summed E-state index contributed by atoms with van der Waals surface area (Å²) in [5.41, 5.74) is 4.11. The number of carbonyl (C=O) groups is 6. The van der Waals surface area contributed by atoms with Crippen LogP contribution >= 0.6 is 0 Å². The lowest BCUT2D eigenvalue weighted by atomic mass is 9.89. The molecule has 14 nitrogen and oxygen atoms in total. The van der Waals surface area contributed by atoms with E-state index >= 15 is 0 Å². The highest BCUT2D eigenvalue weighted by Gasteiger charge is 2.41. The Morgan fingerprint density at radius 3 is 2.45 bits per heavy atom. The van der Waals surface area contributed by atoms with Crippen molar-refractivity contribution < 1.29 is 38.6 Å². The van der Waals surface area contributed by atoms with Crippen LogP contribution in [-0.2, 0) is 46.3 Å². The summed E-state index contributed by atoms with van der Waals surface area (Å²) in [6, 6.07) is 9.40. The van der Waals surface area contributed by atoms with E-state index in [2.05, 4.69) is 21.3 Å². The Bertz CT molecular complexity index is 1660. The smallest absolute Gasteiger partial charge is 0.306 e. The van der Waals surface area contributed by atoms with Gasteiger partial charge in [0.15, 0.2) is 0 Å². The zero-order chi connectivity index (χ0) is 37.2. The quantitative estimate of drug-likeness (QED) is 0.171. The number of ether oxygens (including phenoxy) is 1. The number of nitrogens with zero attached hydrogens (tertiary/aromatic N) is 2. The number of carboxylic acids is 1. The Morgan fingerprint density at radius 2 is 1.78 bits per heavy atom. The first-order valence-electron chi connectivity index (χ1n) is 17.2. The van der Waals surface area contributed by atoms with Crippen LogP contribution in [-0.4, -0.2) is 82.9 Å². The molecule has 0 aliphatic carbocycles. The van der Waals surface area contributed by atoms with Gasteiger partial charge in [0.25, 0.3) is 0 Å². The highest BCUT2D eigenvalue weighted by Crippen LogP contribution is 2.32. The summed E-state index contributed by atoms with van der Waals surface area (Å²) in [5.74, 6) is -4.47. The van der Waals surface area contributed by atoms with Crippen molar-refractivity contribution in [3.8, 4) is 6.07 Å². The van der Waals surface area contributed by atoms with Crippen LogP contribution in [0.4, 0.5) is 5.69 Å². The van der Waals surface area contributed by atoms with Crippen LogP contribution < -0.4 is 21.3 Å². The van der Waals surface area contributed by atoms with Gasteiger partial charge in [-0.2, -0.15) is 5.26 Å². The average Bonchev–Trinajstić information content (AvgIpc) is 3.53. The van der Waals surface area contributed by atoms with Crippen molar-refractivity contribution >= 4 is 41.3 Å². The molecule has 4 rings (SSSR count). The summed E-state index contributed by atoms with van der Waals surface area (Å²) < 4.78 is 5.02. The number of amides is 4. The van der Waals surface area contributed by atoms with Crippen molar-refractivity contribution in [3.63, 3.8) is 0 Å². The van der Waals surface area contributed by atoms with E-state index in [-0.39, 0.29) is 32.4 Å². The Balaban J connectivity index is 1.56. The maximum Gasteiger partial charge on any atom is 0.306 e. The topological polar surface area (TPSA) is 207 Å². The predicted molar refractivity (Wildman–Crippen MR) is 186 cm³/mol. The normalized spacial score (nSPS) is 17.8. The highest BCUT2D eigenvalue weighted by atomic mass is 16.5. The number of aliphatic carboxylic acids is 1. The number of carbonyl (C=O) groups excluding carboxylic acids is 5. The minimum absolute atomic E-state index is 0.0299. The van der Waals surface area contributed by atoms with Gasteiger partial charge in [0.1, 0.15) is 30.2 Å². The van der Waals surface area contributed by atoms with Crippen LogP contribution in [0, 0.1) is 24.2 Å². The standard InChI is InChI=1S/C37H46N6O8/c1-5-51-31(46)12-8-11-28(41-35(48)29-18-24-9-6-7-10-27(24)40-29)34(47)42-32(21(2)3)37(50)43-16-15-23-17-22(4)13-14-26(23)33(43)36(49)39-25(20-38)19-30(44)45/h6-7,9-10,13-14,17,21,25,28-29,32-33,40H,5,8,11-12,15-16,18-19H2,1-4H3,(H,39,49)(H,41,48)(H,42,47)(H,44,45)/t25-,28-,29?,32-,33-/m0/s1. The van der Waals surface area contributed by atoms with E-state index in [1.54, 1.807) is 39.0 Å². The Hall–Kier alpha value is -5.45. The average molecular weight is 703 g/mol. The van der Waals surface area contributed by atoms with Gasteiger partial charge in [-0.3, -0.25) is 28.8 Å². The number of benzene rings is 2. The fourth-order valence-electron chi connectivity index (χ4n) is 6.46. The zero-order valence-electron chi connectivity index (χ0n) is 29.4. The molecule has 2 aliphatic heterocycles. The fourth-order valence-corrected chi connectivity index (χ4v) is 6.46. The molecule has 51 heavy (non-hydrogen) atoms. The number of anilines is 1. The number of para-hydroxylation sites is 1. The number of aryl methyl sites for hydroxylation is 1. The van der Waals surface area contributed by atoms with Crippen LogP contribution in [0.1, 0.15) is 74.8 Å². The van der Waals surface area contributed by atoms with Crippen molar-refractivity contribution in [3.05, 3.63) is 64.7 Å². The molecule has 1 unspecified atom stereocenters. The summed E-state index contributed by atoms with van der Waals surface area (Å²) in [6.07, 6.45) is 0.574. The molecule has 4 amide bonds. The fraction of sp³-hybridized carbons (Fsp3) is 0.486. The Morgan fingerprint density at radius 1 is 1.04 bits per heavy atom. The molecule has 2 heterocycles. The van der Waals surface area contributed by atoms with Crippen molar-refractivity contribution in [1.29, 1.82) is 5.26 Å². The van der Waals surface area contributed by atoms with E-state index in [1.165, 1.54) is 4.90 Å². The van der Waals surface area contributed by atoms with Crippen molar-refractivity contribution in [2.45, 2.75) is 96.4 Å². The molecule has 2 aliphatic rings. The summed E-state index contributed by atoms with van der Waals surface area (Å²) in [5, 5.41) is 30.0. The van der Waals surface area contributed by atoms with Crippen molar-refractivity contribution in [1.82, 2.24) is 20.9 Å². The molecule has 2 aromatic rings. The second kappa shape index (κ2) is 17.5. The molecule has 0 spiro atoms. The van der Waals surface area contributed by atoms with Gasteiger partial charge in [0.2, 0.25) is 23.6 Å². The van der Waals surface area contributed by atoms with E-state index in [4.69, 9.17) is 4.74 Å². The van der Waals surface area contributed by atoms with E-state index in [9.17, 15) is 39.1 Å². The van der Waals surface area contributed by atoms with Crippen molar-refractivity contribution in [2.24, 2.45) is 5.92 Å². The lowest BCUT2D eigenvalue weighted by Crippen LogP contribution is -2.59. The number of fused-ring (bicyclic) bond motifs is 2. The van der Waals surface area contributed by atoms with E-state index in [0.717, 1.165) is 22.4 Å². The third kappa shape index (κ3) is 9.84. The molecule has 5 atom stereocenters. The molecular weight excluding hydrogens is 656 g/mol. The summed E-state index contributed by atoms with van der Waals surface area (Å²) in [4.78, 5) is 80.2. The maximum absolute atomic E-state index is 14.4. The number of esters is 1. The maximum atomic E-state index is 14.4. The number of nitrogens with one attached hydrogen (secondary N) is 4. The molecule has 0 radical (unpaired) electrons. The molecule has 0 bridgehead atoms. The number of hydrogen-bond donors (Lipinski definition) is 5. The minimum Gasteiger partial charge on any atom is -0.481 e. The molecule has 2 aromatic carbocycles. The van der Waals surface area contributed by atoms with Crippen LogP contribution in [0.2, 0.25) is 0 Å². The van der Waals surface area contributed by atoms with Crippen molar-refractivity contribution in [2.75, 3.05) is 18.5 Å². The monoisotopic (exact) mass is 702 g/mol. The largest absolute Gasteiger partial charge is 0.481 e. The zero-order valence-corrected chi connectivity index (χ0v) is 29.4. The Labute approximate surface area is 297 Å². The molecule has 0 saturated heterocycles. The lowest BCUT2D eigenvalue weighted by Gasteiger charge is -2.39. The first-order valence-corrected chi connectivity index (χ1v) is 17.2. The highest BCUT2D eigenvalue weighted by molar-refractivity contribution is 5.96. The van der Waals surface area contributed by atoms with Gasteiger partial charge in [0, 0.05) is 25.1 Å². The van der Waals surface area contributed by atoms with E-state index < -0.39 is 78.1 Å². The molecule has 5 N–H and O–H groups in total. The molecule has 0 fully saturated rings. The van der Waals surface area contributed by atoms with Gasteiger partial charge in [0.05, 0.1) is 19.1 Å². The number of rotatable bonds is 15. The number of carboxylic acid groups (broad SMARTS) is 1. The van der Waals surface area contributed by atoms with Crippen LogP contribution in [0.5, 0.6) is 0 Å². The third-order valence-electron chi connectivity index (χ3n) is 9.04. The predicted octanol–water partition coefficient (Wildman–Crippen LogP) is 2.30. The molecule has 14 heteroatoms. The van der Waals surface area contributed by atoms with Gasteiger partial charge in [-0.15, -0.1) is 0 Å². The van der Waals surface area contributed by atoms with Gasteiger partial charge in [-0.25, -0.2) is 0 Å². The minimum atomic E-state index is -1.33. The van der Waals surface area contributed by atoms with Crippen LogP contribution in [0.15, 0.2) is 42.5 Å². The van der Waals surface area contributed by atoms with E-state index in [1.807, 2.05) is 37.3 Å². The first kappa shape index (κ1) is 38.4. The lowest BCUT2D eigenvalue weighted by molar-refractivity contribution is -0.146.